The highest BCUT2D eigenvalue weighted by Crippen LogP contribution is 2.44. The van der Waals surface area contributed by atoms with E-state index in [1.54, 1.807) is 0 Å². The Morgan fingerprint density at radius 1 is 1.57 bits per heavy atom. The van der Waals surface area contributed by atoms with Crippen LogP contribution in [0.5, 0.6) is 0 Å². The first kappa shape index (κ1) is 10.1. The summed E-state index contributed by atoms with van der Waals surface area (Å²) in [5.41, 5.74) is 1.50. The van der Waals surface area contributed by atoms with Gasteiger partial charge in [-0.15, -0.1) is 0 Å². The van der Waals surface area contributed by atoms with Gasteiger partial charge in [0.1, 0.15) is 5.76 Å². The largest absolute Gasteiger partial charge is 0.449 e. The van der Waals surface area contributed by atoms with Gasteiger partial charge in [-0.05, 0) is 30.5 Å². The van der Waals surface area contributed by atoms with E-state index >= 15 is 0 Å². The molecular weight excluding hydrogens is 198 g/mol. The SMILES string of the molecule is CNC1c2cc(Cl)oc2CCC1(C)C. The Labute approximate surface area is 89.6 Å². The molecule has 1 N–H and O–H groups in total. The molecule has 0 spiro atoms. The lowest BCUT2D eigenvalue weighted by Gasteiger charge is -2.37. The summed E-state index contributed by atoms with van der Waals surface area (Å²) in [5.74, 6) is 1.05. The van der Waals surface area contributed by atoms with Gasteiger partial charge in [0, 0.05) is 24.1 Å². The third-order valence-corrected chi connectivity index (χ3v) is 3.38. The van der Waals surface area contributed by atoms with Crippen molar-refractivity contribution < 1.29 is 4.42 Å². The van der Waals surface area contributed by atoms with Gasteiger partial charge in [0.15, 0.2) is 5.22 Å². The van der Waals surface area contributed by atoms with Crippen molar-refractivity contribution in [2.75, 3.05) is 7.05 Å². The molecule has 78 valence electrons. The second-order valence-corrected chi connectivity index (χ2v) is 5.01. The second kappa shape index (κ2) is 3.28. The number of nitrogens with one attached hydrogen (secondary N) is 1. The van der Waals surface area contributed by atoms with E-state index in [4.69, 9.17) is 16.0 Å². The van der Waals surface area contributed by atoms with Gasteiger partial charge in [0.25, 0.3) is 0 Å². The molecule has 0 saturated heterocycles. The van der Waals surface area contributed by atoms with Crippen molar-refractivity contribution in [1.82, 2.24) is 5.32 Å². The smallest absolute Gasteiger partial charge is 0.193 e. The van der Waals surface area contributed by atoms with E-state index < -0.39 is 0 Å². The van der Waals surface area contributed by atoms with Gasteiger partial charge in [-0.25, -0.2) is 0 Å². The van der Waals surface area contributed by atoms with E-state index in [0.717, 1.165) is 18.6 Å². The quantitative estimate of drug-likeness (QED) is 0.775. The van der Waals surface area contributed by atoms with Gasteiger partial charge >= 0.3 is 0 Å². The normalized spacial score (nSPS) is 24.7. The van der Waals surface area contributed by atoms with Crippen molar-refractivity contribution in [3.05, 3.63) is 22.6 Å². The van der Waals surface area contributed by atoms with E-state index in [1.807, 2.05) is 13.1 Å². The van der Waals surface area contributed by atoms with Crippen LogP contribution in [0, 0.1) is 5.41 Å². The number of fused-ring (bicyclic) bond motifs is 1. The van der Waals surface area contributed by atoms with Crippen molar-refractivity contribution in [1.29, 1.82) is 0 Å². The molecule has 0 aliphatic heterocycles. The van der Waals surface area contributed by atoms with Gasteiger partial charge < -0.3 is 9.73 Å². The van der Waals surface area contributed by atoms with Crippen LogP contribution in [0.4, 0.5) is 0 Å². The second-order valence-electron chi connectivity index (χ2n) is 4.64. The van der Waals surface area contributed by atoms with Crippen LogP contribution >= 0.6 is 11.6 Å². The minimum Gasteiger partial charge on any atom is -0.449 e. The summed E-state index contributed by atoms with van der Waals surface area (Å²) in [6.07, 6.45) is 2.13. The van der Waals surface area contributed by atoms with Crippen molar-refractivity contribution >= 4 is 11.6 Å². The van der Waals surface area contributed by atoms with Crippen molar-refractivity contribution in [2.45, 2.75) is 32.7 Å². The Kier molecular flexibility index (Phi) is 2.36. The molecular formula is C11H16ClNO. The zero-order valence-electron chi connectivity index (χ0n) is 8.86. The van der Waals surface area contributed by atoms with Crippen molar-refractivity contribution in [2.24, 2.45) is 5.41 Å². The summed E-state index contributed by atoms with van der Waals surface area (Å²) in [5, 5.41) is 3.85. The summed E-state index contributed by atoms with van der Waals surface area (Å²) in [7, 11) is 1.99. The maximum Gasteiger partial charge on any atom is 0.193 e. The first-order valence-corrected chi connectivity index (χ1v) is 5.38. The topological polar surface area (TPSA) is 25.2 Å². The fourth-order valence-corrected chi connectivity index (χ4v) is 2.61. The number of hydrogen-bond donors (Lipinski definition) is 1. The van der Waals surface area contributed by atoms with Gasteiger partial charge in [-0.1, -0.05) is 13.8 Å². The molecule has 1 aromatic rings. The van der Waals surface area contributed by atoms with Crippen LogP contribution < -0.4 is 5.32 Å². The highest BCUT2D eigenvalue weighted by molar-refractivity contribution is 6.28. The molecule has 3 heteroatoms. The van der Waals surface area contributed by atoms with E-state index in [9.17, 15) is 0 Å². The summed E-state index contributed by atoms with van der Waals surface area (Å²) in [6, 6.07) is 2.29. The third kappa shape index (κ3) is 1.47. The lowest BCUT2D eigenvalue weighted by atomic mass is 9.72. The van der Waals surface area contributed by atoms with E-state index in [1.165, 1.54) is 5.56 Å². The number of halogens is 1. The molecule has 14 heavy (non-hydrogen) atoms. The summed E-state index contributed by atoms with van der Waals surface area (Å²) in [6.45, 7) is 4.55. The molecule has 1 aliphatic rings. The Balaban J connectivity index is 2.44. The Morgan fingerprint density at radius 2 is 2.29 bits per heavy atom. The molecule has 0 bridgehead atoms. The standard InChI is InChI=1S/C11H16ClNO/c1-11(2)5-4-8-7(10(11)13-3)6-9(12)14-8/h6,10,13H,4-5H2,1-3H3. The summed E-state index contributed by atoms with van der Waals surface area (Å²) >= 11 is 5.87. The zero-order chi connectivity index (χ0) is 10.3. The van der Waals surface area contributed by atoms with Crippen LogP contribution in [0.15, 0.2) is 10.5 Å². The molecule has 1 aliphatic carbocycles. The minimum atomic E-state index is 0.273. The monoisotopic (exact) mass is 213 g/mol. The number of aryl methyl sites for hydroxylation is 1. The average Bonchev–Trinajstić information content (AvgIpc) is 2.44. The number of hydrogen-bond acceptors (Lipinski definition) is 2. The number of furan rings is 1. The predicted molar refractivity (Wildman–Crippen MR) is 57.6 cm³/mol. The summed E-state index contributed by atoms with van der Waals surface area (Å²) < 4.78 is 5.46. The molecule has 1 heterocycles. The Bertz CT molecular complexity index is 343. The maximum absolute atomic E-state index is 5.87. The van der Waals surface area contributed by atoms with Crippen molar-refractivity contribution in [3.63, 3.8) is 0 Å². The maximum atomic E-state index is 5.87. The lowest BCUT2D eigenvalue weighted by Crippen LogP contribution is -2.35. The molecule has 0 fully saturated rings. The molecule has 1 aromatic heterocycles. The molecule has 0 saturated carbocycles. The molecule has 2 nitrogen and oxygen atoms in total. The molecule has 0 amide bonds. The Hall–Kier alpha value is -0.470. The molecule has 0 aromatic carbocycles. The molecule has 1 atom stereocenters. The lowest BCUT2D eigenvalue weighted by molar-refractivity contribution is 0.208. The average molecular weight is 214 g/mol. The molecule has 2 rings (SSSR count). The first-order chi connectivity index (χ1) is 6.54. The van der Waals surface area contributed by atoms with Crippen LogP contribution in [-0.2, 0) is 6.42 Å². The minimum absolute atomic E-state index is 0.273. The fraction of sp³-hybridized carbons (Fsp3) is 0.636. The van der Waals surface area contributed by atoms with Gasteiger partial charge in [0.05, 0.1) is 0 Å². The van der Waals surface area contributed by atoms with Gasteiger partial charge in [-0.2, -0.15) is 0 Å². The Morgan fingerprint density at radius 3 is 2.93 bits per heavy atom. The highest BCUT2D eigenvalue weighted by atomic mass is 35.5. The van der Waals surface area contributed by atoms with E-state index in [0.29, 0.717) is 11.3 Å². The van der Waals surface area contributed by atoms with Crippen LogP contribution in [-0.4, -0.2) is 7.05 Å². The molecule has 0 radical (unpaired) electrons. The first-order valence-electron chi connectivity index (χ1n) is 5.00. The highest BCUT2D eigenvalue weighted by Gasteiger charge is 2.36. The van der Waals surface area contributed by atoms with Gasteiger partial charge in [0.2, 0.25) is 0 Å². The van der Waals surface area contributed by atoms with Crippen molar-refractivity contribution in [3.8, 4) is 0 Å². The van der Waals surface area contributed by atoms with Crippen LogP contribution in [0.25, 0.3) is 0 Å². The van der Waals surface area contributed by atoms with Crippen LogP contribution in [0.2, 0.25) is 5.22 Å². The van der Waals surface area contributed by atoms with Gasteiger partial charge in [-0.3, -0.25) is 0 Å². The number of rotatable bonds is 1. The van der Waals surface area contributed by atoms with Crippen LogP contribution in [0.1, 0.15) is 37.6 Å². The molecule has 1 unspecified atom stereocenters. The third-order valence-electron chi connectivity index (χ3n) is 3.19. The summed E-state index contributed by atoms with van der Waals surface area (Å²) in [4.78, 5) is 0. The fourth-order valence-electron chi connectivity index (χ4n) is 2.40. The zero-order valence-corrected chi connectivity index (χ0v) is 9.61. The van der Waals surface area contributed by atoms with E-state index in [-0.39, 0.29) is 5.41 Å². The predicted octanol–water partition coefficient (Wildman–Crippen LogP) is 3.17. The van der Waals surface area contributed by atoms with Crippen LogP contribution in [0.3, 0.4) is 0 Å². The van der Waals surface area contributed by atoms with E-state index in [2.05, 4.69) is 19.2 Å².